The normalized spacial score (nSPS) is 19.8. The van der Waals surface area contributed by atoms with Gasteiger partial charge in [0.2, 0.25) is 21.8 Å². The second kappa shape index (κ2) is 9.33. The highest BCUT2D eigenvalue weighted by molar-refractivity contribution is 7.89. The Hall–Kier alpha value is -2.85. The van der Waals surface area contributed by atoms with Gasteiger partial charge in [-0.2, -0.15) is 4.31 Å². The third kappa shape index (κ3) is 4.66. The maximum absolute atomic E-state index is 13.0. The third-order valence-corrected chi connectivity index (χ3v) is 7.79. The summed E-state index contributed by atoms with van der Waals surface area (Å²) in [5.41, 5.74) is 0.271. The number of sulfonamides is 1. The summed E-state index contributed by atoms with van der Waals surface area (Å²) in [6, 6.07) is 7.98. The van der Waals surface area contributed by atoms with Crippen molar-refractivity contribution in [3.8, 4) is 5.75 Å². The van der Waals surface area contributed by atoms with Crippen molar-refractivity contribution >= 4 is 27.5 Å². The quantitative estimate of drug-likeness (QED) is 0.678. The van der Waals surface area contributed by atoms with E-state index in [0.717, 1.165) is 19.3 Å². The van der Waals surface area contributed by atoms with Crippen molar-refractivity contribution in [2.75, 3.05) is 32.1 Å². The molecule has 0 aliphatic carbocycles. The minimum atomic E-state index is -3.66. The summed E-state index contributed by atoms with van der Waals surface area (Å²) < 4.78 is 38.1. The molecule has 1 atom stereocenters. The Labute approximate surface area is 187 Å². The minimum absolute atomic E-state index is 0.0840. The fraction of sp³-hybridized carbons (Fsp3) is 0.455. The van der Waals surface area contributed by atoms with Crippen LogP contribution in [-0.4, -0.2) is 56.2 Å². The van der Waals surface area contributed by atoms with E-state index in [4.69, 9.17) is 9.15 Å². The summed E-state index contributed by atoms with van der Waals surface area (Å²) in [5.74, 6) is -0.0324. The second-order valence-corrected chi connectivity index (χ2v) is 10.0. The molecule has 9 nitrogen and oxygen atoms in total. The van der Waals surface area contributed by atoms with E-state index in [1.54, 1.807) is 17.0 Å². The van der Waals surface area contributed by atoms with Crippen molar-refractivity contribution in [1.29, 1.82) is 0 Å². The van der Waals surface area contributed by atoms with E-state index in [9.17, 15) is 18.0 Å². The average Bonchev–Trinajstić information content (AvgIpc) is 3.44. The topological polar surface area (TPSA) is 109 Å². The van der Waals surface area contributed by atoms with E-state index >= 15 is 0 Å². The van der Waals surface area contributed by atoms with Gasteiger partial charge in [-0.1, -0.05) is 6.42 Å². The van der Waals surface area contributed by atoms with Crippen LogP contribution in [0.3, 0.4) is 0 Å². The molecule has 1 aromatic carbocycles. The number of rotatable bonds is 7. The number of ether oxygens (including phenoxy) is 1. The van der Waals surface area contributed by atoms with Crippen LogP contribution in [0.4, 0.5) is 5.69 Å². The van der Waals surface area contributed by atoms with Crippen molar-refractivity contribution in [2.45, 2.75) is 37.1 Å². The number of furan rings is 1. The summed E-state index contributed by atoms with van der Waals surface area (Å²) >= 11 is 0. The van der Waals surface area contributed by atoms with Crippen LogP contribution in [0.15, 0.2) is 45.9 Å². The molecule has 2 amide bonds. The number of amides is 2. The van der Waals surface area contributed by atoms with Gasteiger partial charge in [0.25, 0.3) is 0 Å². The van der Waals surface area contributed by atoms with Gasteiger partial charge in [-0.3, -0.25) is 9.59 Å². The lowest BCUT2D eigenvalue weighted by atomic mass is 10.1. The predicted octanol–water partition coefficient (Wildman–Crippen LogP) is 2.45. The Balaban J connectivity index is 1.49. The maximum atomic E-state index is 13.0. The number of nitrogens with zero attached hydrogens (tertiary/aromatic N) is 2. The van der Waals surface area contributed by atoms with Gasteiger partial charge in [-0.15, -0.1) is 0 Å². The molecule has 2 aliphatic rings. The molecule has 3 heterocycles. The van der Waals surface area contributed by atoms with E-state index < -0.39 is 15.9 Å². The van der Waals surface area contributed by atoms with Gasteiger partial charge in [-0.05, 0) is 43.2 Å². The van der Waals surface area contributed by atoms with Crippen LogP contribution in [0.5, 0.6) is 5.75 Å². The lowest BCUT2D eigenvalue weighted by Crippen LogP contribution is -2.35. The molecule has 2 saturated heterocycles. The van der Waals surface area contributed by atoms with Crippen LogP contribution >= 0.6 is 0 Å². The summed E-state index contributed by atoms with van der Waals surface area (Å²) in [5, 5.41) is 2.77. The van der Waals surface area contributed by atoms with E-state index in [1.165, 1.54) is 35.9 Å². The first kappa shape index (κ1) is 22.3. The molecular weight excluding hydrogens is 434 g/mol. The van der Waals surface area contributed by atoms with Crippen molar-refractivity contribution in [3.05, 3.63) is 42.4 Å². The van der Waals surface area contributed by atoms with Gasteiger partial charge in [0, 0.05) is 26.1 Å². The van der Waals surface area contributed by atoms with Gasteiger partial charge < -0.3 is 19.4 Å². The summed E-state index contributed by atoms with van der Waals surface area (Å²) in [4.78, 5) is 26.9. The fourth-order valence-corrected chi connectivity index (χ4v) is 5.67. The Morgan fingerprint density at radius 2 is 2.00 bits per heavy atom. The standard InChI is InChI=1S/C22H27N3O6S/c1-30-20-8-7-18(32(28,29)25-9-3-2-4-10-25)13-19(20)23-22(27)16-12-21(26)24(14-16)15-17-6-5-11-31-17/h5-8,11,13,16H,2-4,9-10,12,14-15H2,1H3,(H,23,27)/t16-/m1/s1. The largest absolute Gasteiger partial charge is 0.495 e. The number of likely N-dealkylation sites (tertiary alicyclic amines) is 1. The SMILES string of the molecule is COc1ccc(S(=O)(=O)N2CCCCC2)cc1NC(=O)[C@@H]1CC(=O)N(Cc2ccco2)C1. The van der Waals surface area contributed by atoms with E-state index in [2.05, 4.69) is 5.32 Å². The van der Waals surface area contributed by atoms with Gasteiger partial charge in [-0.25, -0.2) is 8.42 Å². The van der Waals surface area contributed by atoms with E-state index in [-0.39, 0.29) is 35.4 Å². The molecular formula is C22H27N3O6S. The number of methoxy groups -OCH3 is 1. The molecule has 0 spiro atoms. The highest BCUT2D eigenvalue weighted by atomic mass is 32.2. The van der Waals surface area contributed by atoms with Gasteiger partial charge >= 0.3 is 0 Å². The number of benzene rings is 1. The Kier molecular flexibility index (Phi) is 6.52. The Bertz CT molecular complexity index is 1080. The lowest BCUT2D eigenvalue weighted by Gasteiger charge is -2.26. The molecule has 1 N–H and O–H groups in total. The predicted molar refractivity (Wildman–Crippen MR) is 116 cm³/mol. The summed E-state index contributed by atoms with van der Waals surface area (Å²) in [6.45, 7) is 1.55. The molecule has 2 aliphatic heterocycles. The molecule has 4 rings (SSSR count). The lowest BCUT2D eigenvalue weighted by molar-refractivity contribution is -0.128. The zero-order valence-corrected chi connectivity index (χ0v) is 18.8. The van der Waals surface area contributed by atoms with E-state index in [1.807, 2.05) is 0 Å². The van der Waals surface area contributed by atoms with Crippen LogP contribution in [0, 0.1) is 5.92 Å². The molecule has 0 radical (unpaired) electrons. The van der Waals surface area contributed by atoms with Crippen LogP contribution in [0.1, 0.15) is 31.4 Å². The summed E-state index contributed by atoms with van der Waals surface area (Å²) in [7, 11) is -2.20. The van der Waals surface area contributed by atoms with Crippen molar-refractivity contribution in [2.24, 2.45) is 5.92 Å². The molecule has 10 heteroatoms. The number of carbonyl (C=O) groups is 2. The molecule has 1 aromatic heterocycles. The number of hydrogen-bond acceptors (Lipinski definition) is 6. The first-order chi connectivity index (χ1) is 15.4. The highest BCUT2D eigenvalue weighted by Gasteiger charge is 2.35. The zero-order valence-electron chi connectivity index (χ0n) is 18.0. The molecule has 0 saturated carbocycles. The van der Waals surface area contributed by atoms with Gasteiger partial charge in [0.05, 0.1) is 36.4 Å². The van der Waals surface area contributed by atoms with Crippen molar-refractivity contribution < 1.29 is 27.2 Å². The Morgan fingerprint density at radius 3 is 2.69 bits per heavy atom. The maximum Gasteiger partial charge on any atom is 0.243 e. The first-order valence-corrected chi connectivity index (χ1v) is 12.1. The number of anilines is 1. The first-order valence-electron chi connectivity index (χ1n) is 10.7. The second-order valence-electron chi connectivity index (χ2n) is 8.07. The number of piperidine rings is 1. The fourth-order valence-electron chi connectivity index (χ4n) is 4.13. The van der Waals surface area contributed by atoms with Crippen LogP contribution < -0.4 is 10.1 Å². The van der Waals surface area contributed by atoms with Crippen molar-refractivity contribution in [1.82, 2.24) is 9.21 Å². The van der Waals surface area contributed by atoms with Gasteiger partial charge in [0.15, 0.2) is 0 Å². The van der Waals surface area contributed by atoms with Crippen molar-refractivity contribution in [3.63, 3.8) is 0 Å². The highest BCUT2D eigenvalue weighted by Crippen LogP contribution is 2.31. The molecule has 0 bridgehead atoms. The average molecular weight is 462 g/mol. The number of carbonyl (C=O) groups excluding carboxylic acids is 2. The monoisotopic (exact) mass is 461 g/mol. The number of nitrogens with one attached hydrogen (secondary N) is 1. The number of hydrogen-bond donors (Lipinski definition) is 1. The summed E-state index contributed by atoms with van der Waals surface area (Å²) in [6.07, 6.45) is 4.32. The van der Waals surface area contributed by atoms with E-state index in [0.29, 0.717) is 31.1 Å². The van der Waals surface area contributed by atoms with Crippen LogP contribution in [0.25, 0.3) is 0 Å². The molecule has 172 valence electrons. The molecule has 2 aromatic rings. The molecule has 2 fully saturated rings. The molecule has 0 unspecified atom stereocenters. The Morgan fingerprint density at radius 1 is 1.22 bits per heavy atom. The minimum Gasteiger partial charge on any atom is -0.495 e. The van der Waals surface area contributed by atoms with Crippen LogP contribution in [0.2, 0.25) is 0 Å². The zero-order chi connectivity index (χ0) is 22.7. The van der Waals surface area contributed by atoms with Gasteiger partial charge in [0.1, 0.15) is 11.5 Å². The van der Waals surface area contributed by atoms with Crippen LogP contribution in [-0.2, 0) is 26.2 Å². The smallest absolute Gasteiger partial charge is 0.243 e. The molecule has 32 heavy (non-hydrogen) atoms. The third-order valence-electron chi connectivity index (χ3n) is 5.89.